The SMILES string of the molecule is CC(C)(C)OC(=O)N1CC(N2c3ncc(-c4ccc5[nH]ncc5c4)cc3Oc3cc(-c4ccc5[nH]ncc5c4)cnc32)C1. The molecule has 2 aliphatic rings. The van der Waals surface area contributed by atoms with Gasteiger partial charge in [0.15, 0.2) is 23.1 Å². The number of carbonyl (C=O) groups is 1. The van der Waals surface area contributed by atoms with Gasteiger partial charge >= 0.3 is 6.09 Å². The smallest absolute Gasteiger partial charge is 0.410 e. The van der Waals surface area contributed by atoms with Crippen LogP contribution in [0.2, 0.25) is 0 Å². The molecule has 0 unspecified atom stereocenters. The van der Waals surface area contributed by atoms with Gasteiger partial charge in [0.2, 0.25) is 0 Å². The van der Waals surface area contributed by atoms with Crippen LogP contribution in [-0.2, 0) is 4.74 Å². The lowest BCUT2D eigenvalue weighted by atomic mass is 10.0. The molecule has 6 heterocycles. The minimum Gasteiger partial charge on any atom is -0.450 e. The standard InChI is InChI=1S/C32H28N8O3/c1-32(2,3)43-31(41)39-16-24(17-39)40-29-27(10-20(12-33-29)18-4-6-25-22(8-18)14-35-37-25)42-28-11-21(13-34-30(28)40)19-5-7-26-23(9-19)15-36-38-26/h4-15,24H,16-17H2,1-3H3,(H,35,37)(H,36,38). The van der Waals surface area contributed by atoms with Crippen molar-refractivity contribution in [1.82, 2.24) is 35.3 Å². The van der Waals surface area contributed by atoms with Crippen LogP contribution in [0.15, 0.2) is 73.3 Å². The van der Waals surface area contributed by atoms with E-state index < -0.39 is 5.60 Å². The molecular formula is C32H28N8O3. The van der Waals surface area contributed by atoms with Crippen LogP contribution in [0.4, 0.5) is 16.4 Å². The van der Waals surface area contributed by atoms with E-state index in [1.165, 1.54) is 0 Å². The second-order valence-corrected chi connectivity index (χ2v) is 11.9. The van der Waals surface area contributed by atoms with Crippen molar-refractivity contribution in [3.63, 3.8) is 0 Å². The number of aromatic nitrogens is 6. The maximum atomic E-state index is 12.7. The van der Waals surface area contributed by atoms with E-state index in [0.717, 1.165) is 44.1 Å². The van der Waals surface area contributed by atoms with Crippen molar-refractivity contribution in [3.8, 4) is 33.8 Å². The van der Waals surface area contributed by atoms with Gasteiger partial charge in [-0.05, 0) is 68.3 Å². The first-order valence-corrected chi connectivity index (χ1v) is 14.1. The van der Waals surface area contributed by atoms with Crippen molar-refractivity contribution >= 4 is 39.5 Å². The van der Waals surface area contributed by atoms with Crippen LogP contribution in [-0.4, -0.2) is 66.1 Å². The first-order valence-electron chi connectivity index (χ1n) is 14.1. The van der Waals surface area contributed by atoms with E-state index in [0.29, 0.717) is 36.2 Å². The van der Waals surface area contributed by atoms with E-state index in [1.54, 1.807) is 17.3 Å². The minimum atomic E-state index is -0.560. The zero-order valence-corrected chi connectivity index (χ0v) is 23.8. The molecule has 0 bridgehead atoms. The molecule has 1 saturated heterocycles. The van der Waals surface area contributed by atoms with Crippen molar-refractivity contribution in [3.05, 3.63) is 73.3 Å². The van der Waals surface area contributed by atoms with Crippen molar-refractivity contribution in [1.29, 1.82) is 0 Å². The number of nitrogens with zero attached hydrogens (tertiary/aromatic N) is 6. The van der Waals surface area contributed by atoms with E-state index in [1.807, 2.05) is 69.6 Å². The maximum Gasteiger partial charge on any atom is 0.410 e. The minimum absolute atomic E-state index is 0.0461. The van der Waals surface area contributed by atoms with Gasteiger partial charge in [-0.1, -0.05) is 12.1 Å². The molecule has 11 heteroatoms. The average Bonchev–Trinajstić information content (AvgIpc) is 3.63. The number of hydrogen-bond donors (Lipinski definition) is 2. The Morgan fingerprint density at radius 3 is 1.84 bits per heavy atom. The fourth-order valence-corrected chi connectivity index (χ4v) is 5.61. The number of anilines is 2. The Morgan fingerprint density at radius 1 is 0.791 bits per heavy atom. The number of likely N-dealkylation sites (tertiary alicyclic amines) is 1. The van der Waals surface area contributed by atoms with Gasteiger partial charge in [0.1, 0.15) is 5.60 Å². The molecule has 0 saturated carbocycles. The lowest BCUT2D eigenvalue weighted by Gasteiger charge is -2.46. The highest BCUT2D eigenvalue weighted by molar-refractivity contribution is 5.87. The third-order valence-corrected chi connectivity index (χ3v) is 7.77. The average molecular weight is 573 g/mol. The highest BCUT2D eigenvalue weighted by Crippen LogP contribution is 2.48. The Labute approximate surface area is 246 Å². The number of carbonyl (C=O) groups excluding carboxylic acids is 1. The van der Waals surface area contributed by atoms with Gasteiger partial charge in [-0.15, -0.1) is 0 Å². The summed E-state index contributed by atoms with van der Waals surface area (Å²) in [6.45, 7) is 6.57. The molecule has 0 atom stereocenters. The van der Waals surface area contributed by atoms with Crippen molar-refractivity contribution in [2.75, 3.05) is 18.0 Å². The molecule has 43 heavy (non-hydrogen) atoms. The summed E-state index contributed by atoms with van der Waals surface area (Å²) in [6.07, 6.45) is 6.98. The number of H-pyrrole nitrogens is 2. The Balaban J connectivity index is 1.17. The molecular weight excluding hydrogens is 544 g/mol. The first kappa shape index (κ1) is 25.3. The van der Waals surface area contributed by atoms with E-state index in [-0.39, 0.29) is 12.1 Å². The lowest BCUT2D eigenvalue weighted by molar-refractivity contribution is 0.00873. The normalized spacial score (nSPS) is 14.8. The predicted octanol–water partition coefficient (Wildman–Crippen LogP) is 6.43. The van der Waals surface area contributed by atoms with Gasteiger partial charge in [0, 0.05) is 47.4 Å². The molecule has 8 rings (SSSR count). The molecule has 0 radical (unpaired) electrons. The summed E-state index contributed by atoms with van der Waals surface area (Å²) < 4.78 is 12.1. The fraction of sp³-hybridized carbons (Fsp3) is 0.219. The van der Waals surface area contributed by atoms with Gasteiger partial charge in [-0.2, -0.15) is 10.2 Å². The van der Waals surface area contributed by atoms with Gasteiger partial charge in [0.05, 0.1) is 29.5 Å². The topological polar surface area (TPSA) is 125 Å². The molecule has 0 aliphatic carbocycles. The van der Waals surface area contributed by atoms with Crippen LogP contribution < -0.4 is 9.64 Å². The Bertz CT molecular complexity index is 1910. The van der Waals surface area contributed by atoms with Crippen LogP contribution in [0.1, 0.15) is 20.8 Å². The summed E-state index contributed by atoms with van der Waals surface area (Å²) in [4.78, 5) is 26.3. The van der Waals surface area contributed by atoms with Crippen molar-refractivity contribution in [2.45, 2.75) is 32.4 Å². The highest BCUT2D eigenvalue weighted by Gasteiger charge is 2.42. The summed E-state index contributed by atoms with van der Waals surface area (Å²) in [7, 11) is 0. The number of aromatic amines is 2. The largest absolute Gasteiger partial charge is 0.450 e. The fourth-order valence-electron chi connectivity index (χ4n) is 5.61. The van der Waals surface area contributed by atoms with Crippen molar-refractivity contribution in [2.24, 2.45) is 0 Å². The van der Waals surface area contributed by atoms with Gasteiger partial charge in [0.25, 0.3) is 0 Å². The summed E-state index contributed by atoms with van der Waals surface area (Å²) in [6, 6.07) is 16.2. The molecule has 2 aromatic carbocycles. The molecule has 2 aliphatic heterocycles. The summed E-state index contributed by atoms with van der Waals surface area (Å²) in [5.41, 5.74) is 5.23. The second-order valence-electron chi connectivity index (χ2n) is 11.9. The van der Waals surface area contributed by atoms with E-state index >= 15 is 0 Å². The number of benzene rings is 2. The number of hydrogen-bond acceptors (Lipinski definition) is 8. The summed E-state index contributed by atoms with van der Waals surface area (Å²) in [5, 5.41) is 16.3. The van der Waals surface area contributed by atoms with Gasteiger partial charge < -0.3 is 14.4 Å². The molecule has 4 aromatic heterocycles. The molecule has 1 amide bonds. The Hall–Kier alpha value is -5.45. The third kappa shape index (κ3) is 4.40. The molecule has 1 fully saturated rings. The molecule has 11 nitrogen and oxygen atoms in total. The number of rotatable bonds is 3. The summed E-state index contributed by atoms with van der Waals surface area (Å²) in [5.74, 6) is 2.57. The number of pyridine rings is 2. The van der Waals surface area contributed by atoms with Crippen LogP contribution in [0.5, 0.6) is 11.5 Å². The van der Waals surface area contributed by atoms with Crippen LogP contribution in [0.25, 0.3) is 44.1 Å². The van der Waals surface area contributed by atoms with Crippen LogP contribution >= 0.6 is 0 Å². The molecule has 0 spiro atoms. The predicted molar refractivity (Wildman–Crippen MR) is 162 cm³/mol. The van der Waals surface area contributed by atoms with Crippen LogP contribution in [0, 0.1) is 0 Å². The first-order chi connectivity index (χ1) is 20.8. The number of nitrogens with one attached hydrogen (secondary N) is 2. The van der Waals surface area contributed by atoms with E-state index in [2.05, 4.69) is 37.4 Å². The highest BCUT2D eigenvalue weighted by atomic mass is 16.6. The van der Waals surface area contributed by atoms with Gasteiger partial charge in [-0.3, -0.25) is 15.1 Å². The van der Waals surface area contributed by atoms with Crippen molar-refractivity contribution < 1.29 is 14.3 Å². The molecule has 2 N–H and O–H groups in total. The number of fused-ring (bicyclic) bond motifs is 4. The zero-order chi connectivity index (χ0) is 29.3. The van der Waals surface area contributed by atoms with E-state index in [9.17, 15) is 4.79 Å². The lowest BCUT2D eigenvalue weighted by Crippen LogP contribution is -2.61. The zero-order valence-electron chi connectivity index (χ0n) is 23.8. The van der Waals surface area contributed by atoms with Crippen LogP contribution in [0.3, 0.4) is 0 Å². The Kier molecular flexibility index (Phi) is 5.45. The second kappa shape index (κ2) is 9.28. The Morgan fingerprint density at radius 2 is 1.33 bits per heavy atom. The van der Waals surface area contributed by atoms with Gasteiger partial charge in [-0.25, -0.2) is 14.8 Å². The van der Waals surface area contributed by atoms with E-state index in [4.69, 9.17) is 19.4 Å². The monoisotopic (exact) mass is 572 g/mol. The molecule has 6 aromatic rings. The molecule has 214 valence electrons. The third-order valence-electron chi connectivity index (χ3n) is 7.77. The number of amides is 1. The quantitative estimate of drug-likeness (QED) is 0.249. The maximum absolute atomic E-state index is 12.7. The summed E-state index contributed by atoms with van der Waals surface area (Å²) >= 11 is 0. The number of ether oxygens (including phenoxy) is 2.